The Morgan fingerprint density at radius 1 is 1.10 bits per heavy atom. The second-order valence-corrected chi connectivity index (χ2v) is 10.00. The number of carbonyl (C=O) groups excluding carboxylic acids is 1. The third kappa shape index (κ3) is 6.06. The standard InChI is InChI=1S/C23H24ClN3O3S/c1-15(2)20-12-22(27-18-6-4-5-17(24)11-18)25-14-21(20)23(28)26-13-16-7-9-19(10-8-16)31(3,29)30/h4-12,14-15H,13H2,1-3H3,(H,25,27)(H,26,28). The van der Waals surface area contributed by atoms with Gasteiger partial charge in [0.25, 0.3) is 5.91 Å². The monoisotopic (exact) mass is 457 g/mol. The summed E-state index contributed by atoms with van der Waals surface area (Å²) in [6, 6.07) is 15.6. The highest BCUT2D eigenvalue weighted by atomic mass is 35.5. The molecule has 0 fully saturated rings. The molecule has 6 nitrogen and oxygen atoms in total. The number of aromatic nitrogens is 1. The summed E-state index contributed by atoms with van der Waals surface area (Å²) in [5.74, 6) is 0.495. The maximum Gasteiger partial charge on any atom is 0.253 e. The Morgan fingerprint density at radius 3 is 2.42 bits per heavy atom. The van der Waals surface area contributed by atoms with E-state index in [4.69, 9.17) is 11.6 Å². The number of anilines is 2. The van der Waals surface area contributed by atoms with Crippen molar-refractivity contribution in [3.8, 4) is 0 Å². The molecule has 0 spiro atoms. The molecule has 0 bridgehead atoms. The number of sulfone groups is 1. The van der Waals surface area contributed by atoms with Gasteiger partial charge in [0, 0.05) is 29.7 Å². The lowest BCUT2D eigenvalue weighted by atomic mass is 9.98. The summed E-state index contributed by atoms with van der Waals surface area (Å²) < 4.78 is 23.1. The third-order valence-electron chi connectivity index (χ3n) is 4.70. The van der Waals surface area contributed by atoms with Crippen LogP contribution in [0.15, 0.2) is 65.7 Å². The Morgan fingerprint density at radius 2 is 1.81 bits per heavy atom. The molecule has 0 aliphatic carbocycles. The van der Waals surface area contributed by atoms with E-state index in [1.54, 1.807) is 30.5 Å². The molecule has 2 N–H and O–H groups in total. The number of nitrogens with zero attached hydrogens (tertiary/aromatic N) is 1. The second kappa shape index (κ2) is 9.49. The highest BCUT2D eigenvalue weighted by Crippen LogP contribution is 2.25. The maximum atomic E-state index is 12.8. The molecule has 1 amide bonds. The van der Waals surface area contributed by atoms with Crippen LogP contribution >= 0.6 is 11.6 Å². The summed E-state index contributed by atoms with van der Waals surface area (Å²) in [6.45, 7) is 4.31. The van der Waals surface area contributed by atoms with Gasteiger partial charge in [-0.3, -0.25) is 4.79 Å². The van der Waals surface area contributed by atoms with Crippen molar-refractivity contribution in [2.75, 3.05) is 11.6 Å². The van der Waals surface area contributed by atoms with Crippen LogP contribution in [0.4, 0.5) is 11.5 Å². The summed E-state index contributed by atoms with van der Waals surface area (Å²) >= 11 is 6.03. The van der Waals surface area contributed by atoms with E-state index in [0.29, 0.717) is 16.4 Å². The Balaban J connectivity index is 1.74. The van der Waals surface area contributed by atoms with Gasteiger partial charge in [-0.15, -0.1) is 0 Å². The Bertz CT molecular complexity index is 1190. The SMILES string of the molecule is CC(C)c1cc(Nc2cccc(Cl)c2)ncc1C(=O)NCc1ccc(S(C)(=O)=O)cc1. The molecule has 8 heteroatoms. The zero-order valence-electron chi connectivity index (χ0n) is 17.5. The van der Waals surface area contributed by atoms with Gasteiger partial charge in [0.1, 0.15) is 5.82 Å². The Kier molecular flexibility index (Phi) is 6.97. The van der Waals surface area contributed by atoms with Crippen LogP contribution in [0.5, 0.6) is 0 Å². The molecule has 3 rings (SSSR count). The fourth-order valence-electron chi connectivity index (χ4n) is 3.05. The van der Waals surface area contributed by atoms with Crippen molar-refractivity contribution in [3.63, 3.8) is 0 Å². The topological polar surface area (TPSA) is 88.2 Å². The molecular weight excluding hydrogens is 434 g/mol. The molecule has 162 valence electrons. The van der Waals surface area contributed by atoms with E-state index in [0.717, 1.165) is 23.1 Å². The predicted octanol–water partition coefficient (Wildman–Crippen LogP) is 4.94. The molecule has 0 aliphatic rings. The quantitative estimate of drug-likeness (QED) is 0.524. The lowest BCUT2D eigenvalue weighted by molar-refractivity contribution is 0.0949. The summed E-state index contributed by atoms with van der Waals surface area (Å²) in [7, 11) is -3.25. The Labute approximate surface area is 187 Å². The molecule has 0 saturated heterocycles. The van der Waals surface area contributed by atoms with Gasteiger partial charge in [0.2, 0.25) is 0 Å². The molecule has 2 aromatic carbocycles. The number of benzene rings is 2. The average molecular weight is 458 g/mol. The zero-order valence-corrected chi connectivity index (χ0v) is 19.1. The number of nitrogens with one attached hydrogen (secondary N) is 2. The average Bonchev–Trinajstić information content (AvgIpc) is 2.71. The fraction of sp³-hybridized carbons (Fsp3) is 0.217. The summed E-state index contributed by atoms with van der Waals surface area (Å²) in [6.07, 6.45) is 2.72. The first-order valence-electron chi connectivity index (χ1n) is 9.73. The van der Waals surface area contributed by atoms with Crippen LogP contribution in [0.25, 0.3) is 0 Å². The smallest absolute Gasteiger partial charge is 0.253 e. The molecular formula is C23H24ClN3O3S. The fourth-order valence-corrected chi connectivity index (χ4v) is 3.87. The summed E-state index contributed by atoms with van der Waals surface area (Å²) in [5.41, 5.74) is 2.98. The minimum Gasteiger partial charge on any atom is -0.348 e. The van der Waals surface area contributed by atoms with Crippen LogP contribution in [-0.2, 0) is 16.4 Å². The number of hydrogen-bond acceptors (Lipinski definition) is 5. The van der Waals surface area contributed by atoms with Crippen molar-refractivity contribution in [1.29, 1.82) is 0 Å². The van der Waals surface area contributed by atoms with Gasteiger partial charge in [-0.1, -0.05) is 43.6 Å². The predicted molar refractivity (Wildman–Crippen MR) is 124 cm³/mol. The van der Waals surface area contributed by atoms with E-state index >= 15 is 0 Å². The molecule has 3 aromatic rings. The van der Waals surface area contributed by atoms with Gasteiger partial charge in [0.05, 0.1) is 10.5 Å². The first kappa shape index (κ1) is 22.8. The van der Waals surface area contributed by atoms with Crippen LogP contribution in [0.1, 0.15) is 41.3 Å². The normalized spacial score (nSPS) is 11.4. The van der Waals surface area contributed by atoms with Crippen molar-refractivity contribution >= 4 is 38.9 Å². The zero-order chi connectivity index (χ0) is 22.6. The van der Waals surface area contributed by atoms with Crippen molar-refractivity contribution < 1.29 is 13.2 Å². The lowest BCUT2D eigenvalue weighted by Crippen LogP contribution is -2.24. The van der Waals surface area contributed by atoms with E-state index < -0.39 is 9.84 Å². The second-order valence-electron chi connectivity index (χ2n) is 7.55. The summed E-state index contributed by atoms with van der Waals surface area (Å²) in [5, 5.41) is 6.70. The van der Waals surface area contributed by atoms with Crippen LogP contribution in [-0.4, -0.2) is 25.6 Å². The largest absolute Gasteiger partial charge is 0.348 e. The highest BCUT2D eigenvalue weighted by molar-refractivity contribution is 7.90. The molecule has 0 atom stereocenters. The number of halogens is 1. The van der Waals surface area contributed by atoms with E-state index in [-0.39, 0.29) is 23.3 Å². The molecule has 31 heavy (non-hydrogen) atoms. The van der Waals surface area contributed by atoms with Crippen molar-refractivity contribution in [2.24, 2.45) is 0 Å². The van der Waals surface area contributed by atoms with Crippen LogP contribution in [0, 0.1) is 0 Å². The van der Waals surface area contributed by atoms with Gasteiger partial charge >= 0.3 is 0 Å². The molecule has 0 radical (unpaired) electrons. The van der Waals surface area contributed by atoms with Crippen molar-refractivity contribution in [3.05, 3.63) is 82.5 Å². The van der Waals surface area contributed by atoms with Crippen molar-refractivity contribution in [2.45, 2.75) is 31.2 Å². The molecule has 0 saturated carbocycles. The van der Waals surface area contributed by atoms with Gasteiger partial charge in [-0.05, 0) is 53.4 Å². The third-order valence-corrected chi connectivity index (χ3v) is 6.07. The first-order chi connectivity index (χ1) is 14.6. The summed E-state index contributed by atoms with van der Waals surface area (Å²) in [4.78, 5) is 17.4. The maximum absolute atomic E-state index is 12.8. The van der Waals surface area contributed by atoms with Crippen LogP contribution in [0.3, 0.4) is 0 Å². The molecule has 0 aliphatic heterocycles. The highest BCUT2D eigenvalue weighted by Gasteiger charge is 2.16. The minimum absolute atomic E-state index is 0.109. The van der Waals surface area contributed by atoms with E-state index in [9.17, 15) is 13.2 Å². The van der Waals surface area contributed by atoms with Gasteiger partial charge in [-0.2, -0.15) is 0 Å². The number of carbonyl (C=O) groups is 1. The number of pyridine rings is 1. The van der Waals surface area contributed by atoms with Crippen LogP contribution < -0.4 is 10.6 Å². The van der Waals surface area contributed by atoms with Gasteiger partial charge in [0.15, 0.2) is 9.84 Å². The van der Waals surface area contributed by atoms with E-state index in [1.807, 2.05) is 32.0 Å². The number of amides is 1. The Hall–Kier alpha value is -2.90. The van der Waals surface area contributed by atoms with E-state index in [2.05, 4.69) is 15.6 Å². The van der Waals surface area contributed by atoms with E-state index in [1.165, 1.54) is 12.1 Å². The lowest BCUT2D eigenvalue weighted by Gasteiger charge is -2.15. The number of rotatable bonds is 7. The van der Waals surface area contributed by atoms with Gasteiger partial charge < -0.3 is 10.6 Å². The van der Waals surface area contributed by atoms with Crippen molar-refractivity contribution in [1.82, 2.24) is 10.3 Å². The molecule has 0 unspecified atom stereocenters. The van der Waals surface area contributed by atoms with Crippen LogP contribution in [0.2, 0.25) is 5.02 Å². The molecule has 1 heterocycles. The molecule has 1 aromatic heterocycles. The number of hydrogen-bond donors (Lipinski definition) is 2. The first-order valence-corrected chi connectivity index (χ1v) is 12.0. The minimum atomic E-state index is -3.25. The van der Waals surface area contributed by atoms with Gasteiger partial charge in [-0.25, -0.2) is 13.4 Å².